The van der Waals surface area contributed by atoms with E-state index in [0.29, 0.717) is 18.3 Å². The number of allylic oxidation sites excluding steroid dienone is 1. The third-order valence-corrected chi connectivity index (χ3v) is 10.3. The largest absolute Gasteiger partial charge is 0.462 e. The van der Waals surface area contributed by atoms with E-state index in [1.54, 1.807) is 6.07 Å². The fourth-order valence-electron chi connectivity index (χ4n) is 8.50. The summed E-state index contributed by atoms with van der Waals surface area (Å²) in [5.41, 5.74) is 1.03. The third kappa shape index (κ3) is 4.61. The maximum atomic E-state index is 13.9. The normalized spacial score (nSPS) is 37.9. The van der Waals surface area contributed by atoms with E-state index in [0.717, 1.165) is 44.9 Å². The molecule has 4 aliphatic carbocycles. The highest BCUT2D eigenvalue weighted by molar-refractivity contribution is 5.74. The Morgan fingerprint density at radius 3 is 2.41 bits per heavy atom. The molecule has 0 aromatic heterocycles. The van der Waals surface area contributed by atoms with E-state index in [2.05, 4.69) is 19.9 Å². The molecule has 1 aromatic carbocycles. The number of carbonyl (C=O) groups is 2. The van der Waals surface area contributed by atoms with E-state index in [1.165, 1.54) is 36.8 Å². The SMILES string of the molecule is CC(=O)O[C@@H]1CC[C@@]2(C)C(=CC[C@H]3[C@@H]4CC[C@H](C(=O)O[C@H](c5ccccc5)C(F)(F)F)[C@@]4(C)CC[C@@H]32)C1. The zero-order chi connectivity index (χ0) is 26.6. The minimum Gasteiger partial charge on any atom is -0.462 e. The topological polar surface area (TPSA) is 52.6 Å². The van der Waals surface area contributed by atoms with Gasteiger partial charge in [-0.05, 0) is 73.5 Å². The van der Waals surface area contributed by atoms with Crippen LogP contribution >= 0.6 is 0 Å². The maximum Gasteiger partial charge on any atom is 0.429 e. The van der Waals surface area contributed by atoms with E-state index in [9.17, 15) is 22.8 Å². The fraction of sp³-hybridized carbons (Fsp3) is 0.667. The number of hydrogen-bond donors (Lipinski definition) is 0. The molecule has 4 nitrogen and oxygen atoms in total. The Morgan fingerprint density at radius 1 is 1.00 bits per heavy atom. The Kier molecular flexibility index (Phi) is 6.73. The molecule has 3 saturated carbocycles. The lowest BCUT2D eigenvalue weighted by molar-refractivity contribution is -0.228. The smallest absolute Gasteiger partial charge is 0.429 e. The fourth-order valence-corrected chi connectivity index (χ4v) is 8.50. The first kappa shape index (κ1) is 26.3. The number of benzene rings is 1. The summed E-state index contributed by atoms with van der Waals surface area (Å²) in [6.07, 6.45) is 2.08. The molecule has 0 bridgehead atoms. The van der Waals surface area contributed by atoms with Gasteiger partial charge in [0.15, 0.2) is 0 Å². The second-order valence-electron chi connectivity index (χ2n) is 12.2. The van der Waals surface area contributed by atoms with Crippen molar-refractivity contribution in [2.24, 2.45) is 34.5 Å². The highest BCUT2D eigenvalue weighted by atomic mass is 19.4. The molecule has 5 rings (SSSR count). The van der Waals surface area contributed by atoms with E-state index >= 15 is 0 Å². The van der Waals surface area contributed by atoms with Crippen molar-refractivity contribution in [3.8, 4) is 0 Å². The molecule has 0 heterocycles. The van der Waals surface area contributed by atoms with Gasteiger partial charge in [-0.1, -0.05) is 55.8 Å². The van der Waals surface area contributed by atoms with E-state index < -0.39 is 24.2 Å². The molecular weight excluding hydrogens is 481 g/mol. The molecule has 0 N–H and O–H groups in total. The zero-order valence-electron chi connectivity index (χ0n) is 21.9. The van der Waals surface area contributed by atoms with Crippen molar-refractivity contribution >= 4 is 11.9 Å². The predicted octanol–water partition coefficient (Wildman–Crippen LogP) is 7.34. The summed E-state index contributed by atoms with van der Waals surface area (Å²) in [6.45, 7) is 5.91. The number of esters is 2. The van der Waals surface area contributed by atoms with Crippen molar-refractivity contribution in [2.75, 3.05) is 0 Å². The molecule has 8 atom stereocenters. The van der Waals surface area contributed by atoms with Crippen LogP contribution in [0.5, 0.6) is 0 Å². The van der Waals surface area contributed by atoms with Crippen molar-refractivity contribution in [3.63, 3.8) is 0 Å². The minimum absolute atomic E-state index is 0.0472. The Labute approximate surface area is 217 Å². The Morgan fingerprint density at radius 2 is 1.73 bits per heavy atom. The highest BCUT2D eigenvalue weighted by Gasteiger charge is 2.61. The van der Waals surface area contributed by atoms with Crippen LogP contribution in [0, 0.1) is 34.5 Å². The third-order valence-electron chi connectivity index (χ3n) is 10.3. The molecule has 0 amide bonds. The summed E-state index contributed by atoms with van der Waals surface area (Å²) < 4.78 is 52.5. The van der Waals surface area contributed by atoms with Gasteiger partial charge in [0.1, 0.15) is 6.10 Å². The van der Waals surface area contributed by atoms with Crippen molar-refractivity contribution in [1.82, 2.24) is 0 Å². The second-order valence-corrected chi connectivity index (χ2v) is 12.2. The number of alkyl halides is 3. The van der Waals surface area contributed by atoms with Gasteiger partial charge in [-0.25, -0.2) is 0 Å². The second kappa shape index (κ2) is 9.46. The van der Waals surface area contributed by atoms with Crippen LogP contribution in [-0.2, 0) is 19.1 Å². The van der Waals surface area contributed by atoms with E-state index in [1.807, 2.05) is 0 Å². The van der Waals surface area contributed by atoms with Gasteiger partial charge >= 0.3 is 18.1 Å². The quantitative estimate of drug-likeness (QED) is 0.309. The van der Waals surface area contributed by atoms with Crippen LogP contribution in [0.3, 0.4) is 0 Å². The molecule has 37 heavy (non-hydrogen) atoms. The van der Waals surface area contributed by atoms with Crippen LogP contribution in [0.15, 0.2) is 42.0 Å². The predicted molar refractivity (Wildman–Crippen MR) is 132 cm³/mol. The lowest BCUT2D eigenvalue weighted by atomic mass is 9.47. The molecule has 0 spiro atoms. The first-order chi connectivity index (χ1) is 17.4. The molecule has 0 saturated heterocycles. The first-order valence-electron chi connectivity index (χ1n) is 13.6. The van der Waals surface area contributed by atoms with Gasteiger partial charge in [0.05, 0.1) is 5.92 Å². The van der Waals surface area contributed by atoms with Crippen molar-refractivity contribution in [3.05, 3.63) is 47.5 Å². The Hall–Kier alpha value is -2.31. The number of ether oxygens (including phenoxy) is 2. The summed E-state index contributed by atoms with van der Waals surface area (Å²) in [4.78, 5) is 24.8. The van der Waals surface area contributed by atoms with Crippen LogP contribution in [0.4, 0.5) is 13.2 Å². The number of halogens is 3. The van der Waals surface area contributed by atoms with Crippen molar-refractivity contribution < 1.29 is 32.2 Å². The van der Waals surface area contributed by atoms with Crippen LogP contribution in [0.25, 0.3) is 0 Å². The number of hydrogen-bond acceptors (Lipinski definition) is 4. The molecule has 202 valence electrons. The molecule has 4 aliphatic rings. The average Bonchev–Trinajstić information content (AvgIpc) is 3.19. The van der Waals surface area contributed by atoms with Gasteiger partial charge in [-0.15, -0.1) is 0 Å². The molecule has 3 fully saturated rings. The van der Waals surface area contributed by atoms with Gasteiger partial charge in [-0.3, -0.25) is 9.59 Å². The van der Waals surface area contributed by atoms with Gasteiger partial charge < -0.3 is 9.47 Å². The summed E-state index contributed by atoms with van der Waals surface area (Å²) >= 11 is 0. The average molecular weight is 519 g/mol. The molecular formula is C30H37F3O4. The number of fused-ring (bicyclic) bond motifs is 5. The first-order valence-corrected chi connectivity index (χ1v) is 13.6. The molecule has 0 radical (unpaired) electrons. The summed E-state index contributed by atoms with van der Waals surface area (Å²) in [7, 11) is 0. The summed E-state index contributed by atoms with van der Waals surface area (Å²) in [5.74, 6) is -0.306. The van der Waals surface area contributed by atoms with E-state index in [-0.39, 0.29) is 34.4 Å². The van der Waals surface area contributed by atoms with Crippen LogP contribution in [0.2, 0.25) is 0 Å². The monoisotopic (exact) mass is 518 g/mol. The standard InChI is InChI=1S/C30H37F3O4/c1-18(34)36-21-13-15-28(2)20(17-21)9-10-22-23-11-12-25(29(23,3)16-14-24(22)28)27(35)37-26(30(31,32)33)19-7-5-4-6-8-19/h4-9,21-26H,10-17H2,1-3H3/t21-,22+,23+,24+,25-,26-,28+,29+/m1/s1. The highest BCUT2D eigenvalue weighted by Crippen LogP contribution is 2.66. The number of carbonyl (C=O) groups excluding carboxylic acids is 2. The van der Waals surface area contributed by atoms with Crippen molar-refractivity contribution in [1.29, 1.82) is 0 Å². The van der Waals surface area contributed by atoms with Crippen LogP contribution in [0.1, 0.15) is 83.8 Å². The summed E-state index contributed by atoms with van der Waals surface area (Å²) in [5, 5.41) is 0. The van der Waals surface area contributed by atoms with Gasteiger partial charge in [0.25, 0.3) is 0 Å². The maximum absolute atomic E-state index is 13.9. The minimum atomic E-state index is -4.67. The van der Waals surface area contributed by atoms with Crippen LogP contribution in [-0.4, -0.2) is 24.2 Å². The lowest BCUT2D eigenvalue weighted by Crippen LogP contribution is -2.51. The lowest BCUT2D eigenvalue weighted by Gasteiger charge is -2.57. The van der Waals surface area contributed by atoms with E-state index in [4.69, 9.17) is 9.47 Å². The molecule has 1 aromatic rings. The molecule has 0 aliphatic heterocycles. The van der Waals surface area contributed by atoms with Gasteiger partial charge in [0, 0.05) is 18.9 Å². The van der Waals surface area contributed by atoms with Crippen LogP contribution < -0.4 is 0 Å². The zero-order valence-corrected chi connectivity index (χ0v) is 21.9. The number of rotatable bonds is 4. The Balaban J connectivity index is 1.34. The van der Waals surface area contributed by atoms with Crippen molar-refractivity contribution in [2.45, 2.75) is 90.5 Å². The van der Waals surface area contributed by atoms with Gasteiger partial charge in [0.2, 0.25) is 6.10 Å². The summed E-state index contributed by atoms with van der Waals surface area (Å²) in [6, 6.07) is 7.42. The Bertz CT molecular complexity index is 1070. The van der Waals surface area contributed by atoms with Gasteiger partial charge in [-0.2, -0.15) is 13.2 Å². The molecule has 0 unspecified atom stereocenters. The molecule has 7 heteroatoms.